The van der Waals surface area contributed by atoms with E-state index in [0.29, 0.717) is 30.4 Å². The molecule has 154 valence electrons. The van der Waals surface area contributed by atoms with Crippen molar-refractivity contribution in [2.75, 3.05) is 20.2 Å². The van der Waals surface area contributed by atoms with Crippen LogP contribution in [0.1, 0.15) is 50.0 Å². The summed E-state index contributed by atoms with van der Waals surface area (Å²) in [6.45, 7) is 5.78. The highest BCUT2D eigenvalue weighted by Gasteiger charge is 2.59. The number of likely N-dealkylation sites (N-methyl/N-ethyl adjacent to an activating group) is 1. The summed E-state index contributed by atoms with van der Waals surface area (Å²) in [6, 6.07) is 11.1. The molecule has 6 heteroatoms. The van der Waals surface area contributed by atoms with Gasteiger partial charge in [-0.1, -0.05) is 19.1 Å². The fourth-order valence-corrected chi connectivity index (χ4v) is 6.20. The van der Waals surface area contributed by atoms with Gasteiger partial charge < -0.3 is 9.64 Å². The number of benzene rings is 1. The van der Waals surface area contributed by atoms with E-state index in [1.807, 2.05) is 37.3 Å². The van der Waals surface area contributed by atoms with E-state index in [9.17, 15) is 4.79 Å². The molecule has 1 aliphatic carbocycles. The van der Waals surface area contributed by atoms with E-state index in [1.165, 1.54) is 19.3 Å². The highest BCUT2D eigenvalue weighted by atomic mass is 16.5. The fourth-order valence-electron chi connectivity index (χ4n) is 6.20. The number of rotatable bonds is 4. The number of nitrogens with zero attached hydrogens (tertiary/aromatic N) is 3. The molecule has 0 unspecified atom stereocenters. The molecule has 1 amide bonds. The second-order valence-electron chi connectivity index (χ2n) is 9.05. The zero-order chi connectivity index (χ0) is 20.2. The van der Waals surface area contributed by atoms with Crippen molar-refractivity contribution in [3.63, 3.8) is 0 Å². The average Bonchev–Trinajstić information content (AvgIpc) is 3.30. The van der Waals surface area contributed by atoms with Gasteiger partial charge in [0.15, 0.2) is 0 Å². The van der Waals surface area contributed by atoms with Crippen molar-refractivity contribution in [1.82, 2.24) is 20.0 Å². The molecule has 0 radical (unpaired) electrons. The zero-order valence-electron chi connectivity index (χ0n) is 17.5. The summed E-state index contributed by atoms with van der Waals surface area (Å²) in [5.41, 5.74) is 2.44. The van der Waals surface area contributed by atoms with Crippen molar-refractivity contribution in [2.45, 2.75) is 57.7 Å². The molecule has 1 saturated carbocycles. The van der Waals surface area contributed by atoms with Crippen LogP contribution in [-0.4, -0.2) is 64.2 Å². The van der Waals surface area contributed by atoms with Gasteiger partial charge in [-0.25, -0.2) is 0 Å². The number of carbonyl (C=O) groups excluding carboxylic acids is 1. The molecule has 4 atom stereocenters. The molecular formula is C23H30N4O2. The maximum atomic E-state index is 13.5. The molecule has 2 saturated heterocycles. The number of nitrogens with one attached hydrogen (secondary N) is 1. The quantitative estimate of drug-likeness (QED) is 0.861. The van der Waals surface area contributed by atoms with Crippen LogP contribution >= 0.6 is 0 Å². The number of hydrogen-bond donors (Lipinski definition) is 1. The molecular weight excluding hydrogens is 364 g/mol. The van der Waals surface area contributed by atoms with Crippen molar-refractivity contribution in [2.24, 2.45) is 5.41 Å². The highest BCUT2D eigenvalue weighted by Crippen LogP contribution is 2.53. The number of likely N-dealkylation sites (tertiary alicyclic amines) is 2. The van der Waals surface area contributed by atoms with Crippen molar-refractivity contribution in [3.05, 3.63) is 36.0 Å². The van der Waals surface area contributed by atoms with Gasteiger partial charge in [0.05, 0.1) is 12.3 Å². The molecule has 3 aliphatic rings. The summed E-state index contributed by atoms with van der Waals surface area (Å²) in [5, 5.41) is 7.46. The number of H-pyrrole nitrogens is 1. The molecule has 5 rings (SSSR count). The predicted octanol–water partition coefficient (Wildman–Crippen LogP) is 3.56. The van der Waals surface area contributed by atoms with E-state index in [2.05, 4.69) is 34.0 Å². The first-order valence-corrected chi connectivity index (χ1v) is 10.8. The molecule has 2 aromatic rings. The van der Waals surface area contributed by atoms with Gasteiger partial charge >= 0.3 is 0 Å². The Morgan fingerprint density at radius 1 is 1.31 bits per heavy atom. The number of ether oxygens (including phenoxy) is 1. The van der Waals surface area contributed by atoms with Gasteiger partial charge in [-0.15, -0.1) is 0 Å². The van der Waals surface area contributed by atoms with Crippen LogP contribution in [-0.2, 0) is 0 Å². The minimum absolute atomic E-state index is 0.0783. The minimum atomic E-state index is 0.0783. The maximum absolute atomic E-state index is 13.5. The Hall–Kier alpha value is -2.34. The van der Waals surface area contributed by atoms with Gasteiger partial charge in [0.25, 0.3) is 5.91 Å². The minimum Gasteiger partial charge on any atom is -0.493 e. The molecule has 2 bridgehead atoms. The summed E-state index contributed by atoms with van der Waals surface area (Å²) in [5.74, 6) is 0.871. The van der Waals surface area contributed by atoms with Crippen molar-refractivity contribution >= 4 is 5.91 Å². The molecule has 1 N–H and O–H groups in total. The summed E-state index contributed by atoms with van der Waals surface area (Å²) in [6.07, 6.45) is 4.76. The summed E-state index contributed by atoms with van der Waals surface area (Å²) >= 11 is 0. The number of aromatic nitrogens is 2. The Balaban J connectivity index is 1.44. The van der Waals surface area contributed by atoms with E-state index in [0.717, 1.165) is 30.0 Å². The Labute approximate surface area is 172 Å². The van der Waals surface area contributed by atoms with Crippen molar-refractivity contribution in [1.29, 1.82) is 0 Å². The molecule has 2 aliphatic heterocycles. The number of amides is 1. The molecule has 1 aromatic carbocycles. The monoisotopic (exact) mass is 394 g/mol. The van der Waals surface area contributed by atoms with Crippen LogP contribution in [0.2, 0.25) is 0 Å². The summed E-state index contributed by atoms with van der Waals surface area (Å²) in [7, 11) is 2.25. The Morgan fingerprint density at radius 3 is 2.93 bits per heavy atom. The van der Waals surface area contributed by atoms with E-state index >= 15 is 0 Å². The van der Waals surface area contributed by atoms with Crippen LogP contribution in [0, 0.1) is 5.41 Å². The lowest BCUT2D eigenvalue weighted by Crippen LogP contribution is -2.57. The highest BCUT2D eigenvalue weighted by molar-refractivity contribution is 5.94. The SMILES string of the molecule is CCOc1ccccc1-c1cc(C(=O)N2C[C@@H]3C[C@@]4(C)[C@H](CCC[C@@H]24)N3C)[nH]n1. The van der Waals surface area contributed by atoms with E-state index in [4.69, 9.17) is 4.74 Å². The fraction of sp³-hybridized carbons (Fsp3) is 0.565. The number of carbonyl (C=O) groups is 1. The van der Waals surface area contributed by atoms with Gasteiger partial charge in [-0.05, 0) is 57.9 Å². The second-order valence-corrected chi connectivity index (χ2v) is 9.05. The van der Waals surface area contributed by atoms with E-state index in [1.54, 1.807) is 0 Å². The number of para-hydroxylation sites is 1. The van der Waals surface area contributed by atoms with Crippen LogP contribution in [0.3, 0.4) is 0 Å². The largest absolute Gasteiger partial charge is 0.493 e. The lowest BCUT2D eigenvalue weighted by Gasteiger charge is -2.50. The molecule has 3 heterocycles. The predicted molar refractivity (Wildman–Crippen MR) is 112 cm³/mol. The van der Waals surface area contributed by atoms with Crippen LogP contribution < -0.4 is 4.74 Å². The third kappa shape index (κ3) is 2.80. The summed E-state index contributed by atoms with van der Waals surface area (Å²) in [4.78, 5) is 18.2. The smallest absolute Gasteiger partial charge is 0.272 e. The topological polar surface area (TPSA) is 61.5 Å². The van der Waals surface area contributed by atoms with Gasteiger partial charge in [-0.2, -0.15) is 5.10 Å². The normalized spacial score (nSPS) is 31.1. The Kier molecular flexibility index (Phi) is 4.42. The van der Waals surface area contributed by atoms with Crippen molar-refractivity contribution in [3.8, 4) is 17.0 Å². The molecule has 1 aromatic heterocycles. The first-order chi connectivity index (χ1) is 14.0. The lowest BCUT2D eigenvalue weighted by atomic mass is 9.66. The van der Waals surface area contributed by atoms with Gasteiger partial charge in [0.2, 0.25) is 0 Å². The molecule has 29 heavy (non-hydrogen) atoms. The Morgan fingerprint density at radius 2 is 2.10 bits per heavy atom. The third-order valence-corrected chi connectivity index (χ3v) is 7.54. The Bertz CT molecular complexity index is 925. The maximum Gasteiger partial charge on any atom is 0.272 e. The van der Waals surface area contributed by atoms with Crippen LogP contribution in [0.5, 0.6) is 5.75 Å². The lowest BCUT2D eigenvalue weighted by molar-refractivity contribution is 0.0113. The molecule has 6 nitrogen and oxygen atoms in total. The number of fused-ring (bicyclic) bond motifs is 1. The number of aromatic amines is 1. The second kappa shape index (κ2) is 6.87. The first kappa shape index (κ1) is 18.7. The van der Waals surface area contributed by atoms with Crippen LogP contribution in [0.4, 0.5) is 0 Å². The van der Waals surface area contributed by atoms with E-state index < -0.39 is 0 Å². The zero-order valence-corrected chi connectivity index (χ0v) is 17.5. The van der Waals surface area contributed by atoms with Crippen LogP contribution in [0.25, 0.3) is 11.3 Å². The first-order valence-electron chi connectivity index (χ1n) is 10.8. The molecule has 3 fully saturated rings. The van der Waals surface area contributed by atoms with Gasteiger partial charge in [-0.3, -0.25) is 14.8 Å². The molecule has 0 spiro atoms. The van der Waals surface area contributed by atoms with E-state index in [-0.39, 0.29) is 11.3 Å². The summed E-state index contributed by atoms with van der Waals surface area (Å²) < 4.78 is 5.74. The average molecular weight is 395 g/mol. The van der Waals surface area contributed by atoms with Crippen LogP contribution in [0.15, 0.2) is 30.3 Å². The van der Waals surface area contributed by atoms with Gasteiger partial charge in [0, 0.05) is 35.6 Å². The third-order valence-electron chi connectivity index (χ3n) is 7.54. The number of hydrogen-bond acceptors (Lipinski definition) is 4. The standard InChI is InChI=1S/C23H30N4O2/c1-4-29-19-9-6-5-8-16(19)17-12-18(25-24-17)22(28)27-14-15-13-23(2)20(26(15)3)10-7-11-21(23)27/h5-6,8-9,12,15,20-21H,4,7,10-11,13-14H2,1-3H3,(H,24,25)/t15-,20-,21+,23-/m0/s1. The number of piperidine rings is 1. The van der Waals surface area contributed by atoms with Gasteiger partial charge in [0.1, 0.15) is 11.4 Å². The van der Waals surface area contributed by atoms with Crippen molar-refractivity contribution < 1.29 is 9.53 Å².